The number of Topliss-reactive ketones (excluding diaryl/α,β-unsaturated/α-hetero) is 1. The molecule has 0 radical (unpaired) electrons. The highest BCUT2D eigenvalue weighted by atomic mass is 35.5. The predicted molar refractivity (Wildman–Crippen MR) is 155 cm³/mol. The Kier molecular flexibility index (Phi) is 10.3. The highest BCUT2D eigenvalue weighted by Gasteiger charge is 2.28. The van der Waals surface area contributed by atoms with Crippen LogP contribution in [0.1, 0.15) is 55.8 Å². The van der Waals surface area contributed by atoms with E-state index in [4.69, 9.17) is 16.6 Å². The van der Waals surface area contributed by atoms with E-state index in [0.29, 0.717) is 33.5 Å². The molecule has 1 amide bonds. The van der Waals surface area contributed by atoms with Crippen molar-refractivity contribution in [2.45, 2.75) is 63.6 Å². The van der Waals surface area contributed by atoms with Crippen molar-refractivity contribution in [1.29, 1.82) is 0 Å². The summed E-state index contributed by atoms with van der Waals surface area (Å²) in [5, 5.41) is 19.5. The Morgan fingerprint density at radius 2 is 1.82 bits per heavy atom. The van der Waals surface area contributed by atoms with Gasteiger partial charge in [0, 0.05) is 23.8 Å². The van der Waals surface area contributed by atoms with Gasteiger partial charge in [-0.1, -0.05) is 11.6 Å². The number of halogens is 4. The summed E-state index contributed by atoms with van der Waals surface area (Å²) in [7, 11) is 0. The van der Waals surface area contributed by atoms with Gasteiger partial charge in [-0.05, 0) is 76.3 Å². The van der Waals surface area contributed by atoms with Crippen LogP contribution in [0.5, 0.6) is 5.75 Å². The lowest BCUT2D eigenvalue weighted by Crippen LogP contribution is -2.47. The van der Waals surface area contributed by atoms with Gasteiger partial charge in [-0.25, -0.2) is 9.37 Å². The molecule has 12 heteroatoms. The van der Waals surface area contributed by atoms with Crippen LogP contribution in [-0.2, 0) is 4.79 Å². The van der Waals surface area contributed by atoms with Gasteiger partial charge >= 0.3 is 0 Å². The largest absolute Gasteiger partial charge is 0.504 e. The number of amides is 1. The number of fused-ring (bicyclic) bond motifs is 1. The first kappa shape index (κ1) is 30.8. The van der Waals surface area contributed by atoms with Crippen LogP contribution in [-0.4, -0.2) is 51.4 Å². The van der Waals surface area contributed by atoms with Gasteiger partial charge in [-0.3, -0.25) is 14.6 Å². The zero-order valence-electron chi connectivity index (χ0n) is 21.3. The number of rotatable bonds is 6. The minimum absolute atomic E-state index is 0. The fourth-order valence-electron chi connectivity index (χ4n) is 5.15. The molecule has 8 nitrogen and oxygen atoms in total. The Morgan fingerprint density at radius 1 is 1.10 bits per heavy atom. The number of nitrogens with zero attached hydrogens (tertiary/aromatic N) is 2. The molecule has 1 saturated carbocycles. The maximum Gasteiger partial charge on any atom is 0.237 e. The number of carbonyl (C=O) groups is 2. The molecule has 2 fully saturated rings. The first-order valence-electron chi connectivity index (χ1n) is 12.6. The highest BCUT2D eigenvalue weighted by molar-refractivity contribution is 6.32. The second-order valence-corrected chi connectivity index (χ2v) is 10.2. The molecule has 3 aromatic rings. The third-order valence-electron chi connectivity index (χ3n) is 7.20. The van der Waals surface area contributed by atoms with Crippen molar-refractivity contribution in [3.8, 4) is 17.0 Å². The molecule has 1 aromatic carbocycles. The Balaban J connectivity index is 0.00000210. The fourth-order valence-corrected chi connectivity index (χ4v) is 5.36. The van der Waals surface area contributed by atoms with Gasteiger partial charge in [0.2, 0.25) is 5.91 Å². The van der Waals surface area contributed by atoms with E-state index in [1.807, 2.05) is 0 Å². The lowest BCUT2D eigenvalue weighted by molar-refractivity contribution is -0.123. The normalized spacial score (nSPS) is 20.5. The summed E-state index contributed by atoms with van der Waals surface area (Å²) in [4.78, 5) is 34.1. The van der Waals surface area contributed by atoms with E-state index in [1.165, 1.54) is 19.1 Å². The zero-order chi connectivity index (χ0) is 26.1. The molecule has 0 unspecified atom stereocenters. The minimum Gasteiger partial charge on any atom is -0.504 e. The van der Waals surface area contributed by atoms with Crippen molar-refractivity contribution in [2.75, 3.05) is 11.9 Å². The van der Waals surface area contributed by atoms with Gasteiger partial charge in [0.05, 0.1) is 33.5 Å². The number of nitrogens with one attached hydrogen (secondary N) is 3. The number of hydrogen-bond donors (Lipinski definition) is 4. The number of anilines is 1. The molecule has 0 bridgehead atoms. The van der Waals surface area contributed by atoms with Crippen LogP contribution in [0.25, 0.3) is 22.3 Å². The quantitative estimate of drug-likeness (QED) is 0.280. The number of ketones is 1. The second-order valence-electron chi connectivity index (χ2n) is 9.81. The average Bonchev–Trinajstić information content (AvgIpc) is 3.43. The molecule has 1 aliphatic carbocycles. The predicted octanol–water partition coefficient (Wildman–Crippen LogP) is 5.43. The van der Waals surface area contributed by atoms with E-state index < -0.39 is 11.6 Å². The summed E-state index contributed by atoms with van der Waals surface area (Å²) in [5.74, 6) is -1.52. The van der Waals surface area contributed by atoms with Crippen molar-refractivity contribution in [3.63, 3.8) is 0 Å². The zero-order valence-corrected chi connectivity index (χ0v) is 23.7. The van der Waals surface area contributed by atoms with Gasteiger partial charge in [-0.2, -0.15) is 0 Å². The van der Waals surface area contributed by atoms with Crippen LogP contribution in [0.15, 0.2) is 30.5 Å². The Hall–Kier alpha value is -2.72. The Labute approximate surface area is 243 Å². The number of benzene rings is 1. The maximum atomic E-state index is 14.1. The van der Waals surface area contributed by atoms with Crippen molar-refractivity contribution < 1.29 is 19.1 Å². The highest BCUT2D eigenvalue weighted by Crippen LogP contribution is 2.34. The van der Waals surface area contributed by atoms with E-state index in [-0.39, 0.29) is 59.7 Å². The first-order chi connectivity index (χ1) is 17.8. The van der Waals surface area contributed by atoms with E-state index in [0.717, 1.165) is 45.1 Å². The van der Waals surface area contributed by atoms with E-state index >= 15 is 0 Å². The van der Waals surface area contributed by atoms with Crippen LogP contribution in [0.2, 0.25) is 5.02 Å². The number of pyridine rings is 2. The standard InChI is InChI=1S/C27H29ClFN5O3.2ClH/c1-14(35)18-13-31-22-9-8-21(15-11-19(28)26(36)20(29)12-15)34-25(22)24(18)32-16-4-6-17(7-5-16)33-27(37)23-3-2-10-30-23;;/h8-9,11-13,16-17,23,30,36H,2-7,10H2,1H3,(H,31,32)(H,33,37);2*1H/t16-,17-,23-;;/m0../s1. The molecular formula is C27H31Cl3FN5O3. The number of carbonyl (C=O) groups excluding carboxylic acids is 2. The number of phenols is 1. The monoisotopic (exact) mass is 597 g/mol. The van der Waals surface area contributed by atoms with Crippen LogP contribution < -0.4 is 16.0 Å². The third-order valence-corrected chi connectivity index (χ3v) is 7.49. The average molecular weight is 599 g/mol. The second kappa shape index (κ2) is 13.1. The molecule has 3 heterocycles. The molecular weight excluding hydrogens is 568 g/mol. The van der Waals surface area contributed by atoms with Crippen LogP contribution >= 0.6 is 36.4 Å². The number of aromatic hydroxyl groups is 1. The number of hydrogen-bond acceptors (Lipinski definition) is 7. The van der Waals surface area contributed by atoms with Gasteiger partial charge < -0.3 is 21.1 Å². The molecule has 0 spiro atoms. The summed E-state index contributed by atoms with van der Waals surface area (Å²) in [5.41, 5.74) is 2.94. The fraction of sp³-hybridized carbons (Fsp3) is 0.407. The van der Waals surface area contributed by atoms with Crippen molar-refractivity contribution in [1.82, 2.24) is 20.6 Å². The molecule has 1 aliphatic heterocycles. The van der Waals surface area contributed by atoms with Gasteiger partial charge in [0.1, 0.15) is 5.52 Å². The summed E-state index contributed by atoms with van der Waals surface area (Å²) in [6.45, 7) is 2.37. The van der Waals surface area contributed by atoms with E-state index in [9.17, 15) is 19.1 Å². The smallest absolute Gasteiger partial charge is 0.237 e. The summed E-state index contributed by atoms with van der Waals surface area (Å²) < 4.78 is 14.1. The molecule has 5 rings (SSSR count). The van der Waals surface area contributed by atoms with Crippen LogP contribution in [0.3, 0.4) is 0 Å². The molecule has 2 aliphatic rings. The SMILES string of the molecule is CC(=O)c1cnc2ccc(-c3cc(F)c(O)c(Cl)c3)nc2c1N[C@H]1CC[C@H](NC(=O)[C@@H]2CCCN2)CC1.Cl.Cl. The maximum absolute atomic E-state index is 14.1. The molecule has 39 heavy (non-hydrogen) atoms. The Morgan fingerprint density at radius 3 is 2.46 bits per heavy atom. The topological polar surface area (TPSA) is 116 Å². The van der Waals surface area contributed by atoms with Crippen molar-refractivity contribution in [2.24, 2.45) is 0 Å². The summed E-state index contributed by atoms with van der Waals surface area (Å²) in [6, 6.07) is 6.20. The van der Waals surface area contributed by atoms with Gasteiger partial charge in [0.15, 0.2) is 17.3 Å². The number of aromatic nitrogens is 2. The molecule has 1 atom stereocenters. The third kappa shape index (κ3) is 6.72. The van der Waals surface area contributed by atoms with E-state index in [2.05, 4.69) is 20.9 Å². The molecule has 4 N–H and O–H groups in total. The molecule has 2 aromatic heterocycles. The summed E-state index contributed by atoms with van der Waals surface area (Å²) in [6.07, 6.45) is 6.76. The van der Waals surface area contributed by atoms with Gasteiger partial charge in [0.25, 0.3) is 0 Å². The summed E-state index contributed by atoms with van der Waals surface area (Å²) >= 11 is 5.98. The van der Waals surface area contributed by atoms with Crippen molar-refractivity contribution in [3.05, 3.63) is 46.9 Å². The first-order valence-corrected chi connectivity index (χ1v) is 13.0. The van der Waals surface area contributed by atoms with Crippen LogP contribution in [0, 0.1) is 5.82 Å². The van der Waals surface area contributed by atoms with Gasteiger partial charge in [-0.15, -0.1) is 24.8 Å². The van der Waals surface area contributed by atoms with Crippen LogP contribution in [0.4, 0.5) is 10.1 Å². The lowest BCUT2D eigenvalue weighted by atomic mass is 9.90. The van der Waals surface area contributed by atoms with Crippen molar-refractivity contribution >= 4 is 64.8 Å². The molecule has 210 valence electrons. The minimum atomic E-state index is -0.842. The Bertz CT molecular complexity index is 1340. The molecule has 1 saturated heterocycles. The van der Waals surface area contributed by atoms with E-state index in [1.54, 1.807) is 18.3 Å². The number of phenolic OH excluding ortho intramolecular Hbond substituents is 1. The lowest BCUT2D eigenvalue weighted by Gasteiger charge is -2.31.